The summed E-state index contributed by atoms with van der Waals surface area (Å²) < 4.78 is 29.6. The molecule has 2 aliphatic rings. The number of benzene rings is 1. The first-order valence-corrected chi connectivity index (χ1v) is 10.9. The number of rotatable bonds is 5. The minimum atomic E-state index is -3.06. The lowest BCUT2D eigenvalue weighted by molar-refractivity contribution is 0.296. The topological polar surface area (TPSA) is 71.0 Å². The number of ether oxygens (including phenoxy) is 1. The van der Waals surface area contributed by atoms with E-state index >= 15 is 0 Å². The van der Waals surface area contributed by atoms with Crippen LogP contribution in [0.25, 0.3) is 0 Å². The standard InChI is InChI=1S/C19H29N3O3S/c1-19(2)14-22(10-11-26(19,23)24)18(20-3)21-12-16-6-4-5-7-17(16)25-13-15-8-9-15/h4-7,15H,8-14H2,1-3H3,(H,20,21). The summed E-state index contributed by atoms with van der Waals surface area (Å²) in [6.07, 6.45) is 2.53. The highest BCUT2D eigenvalue weighted by Gasteiger charge is 2.40. The Bertz CT molecular complexity index is 770. The molecule has 0 bridgehead atoms. The minimum absolute atomic E-state index is 0.155. The normalized spacial score (nSPS) is 22.1. The molecule has 1 aliphatic carbocycles. The maximum atomic E-state index is 12.2. The predicted molar refractivity (Wildman–Crippen MR) is 104 cm³/mol. The molecule has 1 aromatic carbocycles. The third-order valence-electron chi connectivity index (χ3n) is 5.14. The van der Waals surface area contributed by atoms with Crippen LogP contribution in [0.5, 0.6) is 5.75 Å². The summed E-state index contributed by atoms with van der Waals surface area (Å²) >= 11 is 0. The van der Waals surface area contributed by atoms with Gasteiger partial charge in [-0.25, -0.2) is 8.42 Å². The molecule has 0 radical (unpaired) electrons. The second kappa shape index (κ2) is 7.47. The van der Waals surface area contributed by atoms with Crippen molar-refractivity contribution in [2.45, 2.75) is 38.0 Å². The van der Waals surface area contributed by atoms with Crippen LogP contribution in [0.2, 0.25) is 0 Å². The van der Waals surface area contributed by atoms with Gasteiger partial charge in [0.25, 0.3) is 0 Å². The molecule has 1 saturated carbocycles. The molecule has 0 spiro atoms. The zero-order valence-electron chi connectivity index (χ0n) is 15.9. The number of nitrogens with one attached hydrogen (secondary N) is 1. The van der Waals surface area contributed by atoms with Crippen LogP contribution in [0.4, 0.5) is 0 Å². The van der Waals surface area contributed by atoms with E-state index in [4.69, 9.17) is 4.74 Å². The molecule has 1 aliphatic heterocycles. The van der Waals surface area contributed by atoms with Gasteiger partial charge in [0.1, 0.15) is 5.75 Å². The molecule has 1 N–H and O–H groups in total. The van der Waals surface area contributed by atoms with Crippen molar-refractivity contribution in [2.75, 3.05) is 32.5 Å². The van der Waals surface area contributed by atoms with Gasteiger partial charge in [-0.3, -0.25) is 4.99 Å². The maximum Gasteiger partial charge on any atom is 0.193 e. The van der Waals surface area contributed by atoms with E-state index in [2.05, 4.69) is 10.3 Å². The summed E-state index contributed by atoms with van der Waals surface area (Å²) in [5, 5.41) is 3.37. The van der Waals surface area contributed by atoms with Gasteiger partial charge in [0.05, 0.1) is 17.1 Å². The van der Waals surface area contributed by atoms with Crippen molar-refractivity contribution in [1.29, 1.82) is 0 Å². The first-order chi connectivity index (χ1) is 12.3. The smallest absolute Gasteiger partial charge is 0.193 e. The third-order valence-corrected chi connectivity index (χ3v) is 7.67. The number of nitrogens with zero attached hydrogens (tertiary/aromatic N) is 2. The largest absolute Gasteiger partial charge is 0.493 e. The highest BCUT2D eigenvalue weighted by Crippen LogP contribution is 2.30. The average molecular weight is 380 g/mol. The molecule has 0 amide bonds. The molecule has 1 aromatic rings. The van der Waals surface area contributed by atoms with Gasteiger partial charge in [-0.05, 0) is 38.7 Å². The molecule has 0 unspecified atom stereocenters. The van der Waals surface area contributed by atoms with E-state index in [0.717, 1.165) is 23.9 Å². The van der Waals surface area contributed by atoms with E-state index in [1.807, 2.05) is 29.2 Å². The Morgan fingerprint density at radius 2 is 2.08 bits per heavy atom. The molecule has 0 aromatic heterocycles. The first-order valence-electron chi connectivity index (χ1n) is 9.21. The zero-order chi connectivity index (χ0) is 18.8. The number of aliphatic imine (C=N–C) groups is 1. The lowest BCUT2D eigenvalue weighted by atomic mass is 10.2. The maximum absolute atomic E-state index is 12.2. The number of hydrogen-bond acceptors (Lipinski definition) is 4. The van der Waals surface area contributed by atoms with Crippen LogP contribution >= 0.6 is 0 Å². The summed E-state index contributed by atoms with van der Waals surface area (Å²) in [5.74, 6) is 2.50. The molecule has 26 heavy (non-hydrogen) atoms. The fourth-order valence-corrected chi connectivity index (χ4v) is 4.48. The van der Waals surface area contributed by atoms with E-state index in [0.29, 0.717) is 25.6 Å². The van der Waals surface area contributed by atoms with E-state index in [1.165, 1.54) is 12.8 Å². The van der Waals surface area contributed by atoms with Crippen LogP contribution < -0.4 is 10.1 Å². The summed E-state index contributed by atoms with van der Waals surface area (Å²) in [5.41, 5.74) is 1.08. The van der Waals surface area contributed by atoms with Crippen molar-refractivity contribution in [1.82, 2.24) is 10.2 Å². The molecule has 144 valence electrons. The zero-order valence-corrected chi connectivity index (χ0v) is 16.7. The second-order valence-electron chi connectivity index (χ2n) is 7.76. The van der Waals surface area contributed by atoms with Crippen LogP contribution in [-0.4, -0.2) is 56.5 Å². The van der Waals surface area contributed by atoms with Crippen molar-refractivity contribution in [3.05, 3.63) is 29.8 Å². The van der Waals surface area contributed by atoms with E-state index in [1.54, 1.807) is 20.9 Å². The van der Waals surface area contributed by atoms with E-state index < -0.39 is 14.6 Å². The third kappa shape index (κ3) is 4.31. The van der Waals surface area contributed by atoms with Crippen molar-refractivity contribution >= 4 is 15.8 Å². The van der Waals surface area contributed by atoms with Gasteiger partial charge in [0.15, 0.2) is 15.8 Å². The van der Waals surface area contributed by atoms with Crippen LogP contribution in [-0.2, 0) is 16.4 Å². The number of guanidine groups is 1. The van der Waals surface area contributed by atoms with Crippen molar-refractivity contribution in [2.24, 2.45) is 10.9 Å². The minimum Gasteiger partial charge on any atom is -0.493 e. The van der Waals surface area contributed by atoms with Crippen molar-refractivity contribution in [3.63, 3.8) is 0 Å². The first kappa shape index (κ1) is 19.0. The summed E-state index contributed by atoms with van der Waals surface area (Å²) in [4.78, 5) is 6.37. The van der Waals surface area contributed by atoms with Gasteiger partial charge < -0.3 is 15.0 Å². The molecule has 1 saturated heterocycles. The van der Waals surface area contributed by atoms with E-state index in [-0.39, 0.29) is 5.75 Å². The Hall–Kier alpha value is -1.76. The van der Waals surface area contributed by atoms with Crippen LogP contribution in [0.15, 0.2) is 29.3 Å². The van der Waals surface area contributed by atoms with Crippen LogP contribution in [0, 0.1) is 5.92 Å². The summed E-state index contributed by atoms with van der Waals surface area (Å²) in [6.45, 7) is 5.84. The van der Waals surface area contributed by atoms with Gasteiger partial charge in [-0.2, -0.15) is 0 Å². The summed E-state index contributed by atoms with van der Waals surface area (Å²) in [7, 11) is -1.33. The van der Waals surface area contributed by atoms with Gasteiger partial charge in [-0.1, -0.05) is 18.2 Å². The fraction of sp³-hybridized carbons (Fsp3) is 0.632. The Morgan fingerprint density at radius 1 is 1.35 bits per heavy atom. The molecular weight excluding hydrogens is 350 g/mol. The Labute approximate surface area is 156 Å². The Morgan fingerprint density at radius 3 is 2.73 bits per heavy atom. The lowest BCUT2D eigenvalue weighted by Crippen LogP contribution is -2.57. The highest BCUT2D eigenvalue weighted by atomic mass is 32.2. The van der Waals surface area contributed by atoms with E-state index in [9.17, 15) is 8.42 Å². The number of sulfone groups is 1. The molecule has 7 heteroatoms. The van der Waals surface area contributed by atoms with Gasteiger partial charge in [0.2, 0.25) is 0 Å². The molecule has 2 fully saturated rings. The molecule has 0 atom stereocenters. The SMILES string of the molecule is CN=C(NCc1ccccc1OCC1CC1)N1CCS(=O)(=O)C(C)(C)C1. The van der Waals surface area contributed by atoms with Crippen LogP contribution in [0.3, 0.4) is 0 Å². The number of para-hydroxylation sites is 1. The highest BCUT2D eigenvalue weighted by molar-refractivity contribution is 7.92. The van der Waals surface area contributed by atoms with Gasteiger partial charge in [-0.15, -0.1) is 0 Å². The fourth-order valence-electron chi connectivity index (χ4n) is 3.11. The Balaban J connectivity index is 1.63. The van der Waals surface area contributed by atoms with Crippen molar-refractivity contribution in [3.8, 4) is 5.75 Å². The lowest BCUT2D eigenvalue weighted by Gasteiger charge is -2.39. The molecule has 6 nitrogen and oxygen atoms in total. The average Bonchev–Trinajstić information content (AvgIpc) is 3.42. The van der Waals surface area contributed by atoms with Gasteiger partial charge in [0, 0.05) is 32.2 Å². The molecule has 3 rings (SSSR count). The molecular formula is C19H29N3O3S. The van der Waals surface area contributed by atoms with Gasteiger partial charge >= 0.3 is 0 Å². The quantitative estimate of drug-likeness (QED) is 0.626. The summed E-state index contributed by atoms with van der Waals surface area (Å²) in [6, 6.07) is 8.03. The molecule has 1 heterocycles. The second-order valence-corrected chi connectivity index (χ2v) is 10.5. The Kier molecular flexibility index (Phi) is 5.46. The van der Waals surface area contributed by atoms with Crippen molar-refractivity contribution < 1.29 is 13.2 Å². The van der Waals surface area contributed by atoms with Crippen LogP contribution in [0.1, 0.15) is 32.3 Å². The predicted octanol–water partition coefficient (Wildman–Crippen LogP) is 2.06. The number of hydrogen-bond donors (Lipinski definition) is 1. The monoisotopic (exact) mass is 379 g/mol.